The molecule has 3 unspecified atom stereocenters. The third-order valence-electron chi connectivity index (χ3n) is 8.70. The largest absolute Gasteiger partial charge is 0.390 e. The summed E-state index contributed by atoms with van der Waals surface area (Å²) in [5.41, 5.74) is -0.131. The minimum atomic E-state index is -0.608. The van der Waals surface area contributed by atoms with Crippen LogP contribution in [0.3, 0.4) is 0 Å². The molecule has 3 atom stereocenters. The van der Waals surface area contributed by atoms with Crippen LogP contribution < -0.4 is 5.32 Å². The Balaban J connectivity index is 1.38. The van der Waals surface area contributed by atoms with E-state index in [1.165, 1.54) is 44.9 Å². The number of aliphatic hydroxyl groups is 1. The maximum Gasteiger partial charge on any atom is 0.318 e. The van der Waals surface area contributed by atoms with E-state index >= 15 is 0 Å². The summed E-state index contributed by atoms with van der Waals surface area (Å²) >= 11 is 0. The number of nitrogens with one attached hydrogen (secondary N) is 1. The normalized spacial score (nSPS) is 43.7. The van der Waals surface area contributed by atoms with Crippen molar-refractivity contribution in [2.45, 2.75) is 109 Å². The molecular formula is C23H40N2O2. The molecule has 2 N–H and O–H groups in total. The van der Waals surface area contributed by atoms with Gasteiger partial charge in [0.2, 0.25) is 0 Å². The van der Waals surface area contributed by atoms with Gasteiger partial charge in [-0.15, -0.1) is 0 Å². The average molecular weight is 377 g/mol. The van der Waals surface area contributed by atoms with Gasteiger partial charge in [-0.2, -0.15) is 0 Å². The van der Waals surface area contributed by atoms with E-state index in [1.807, 2.05) is 13.8 Å². The number of rotatable bonds is 3. The van der Waals surface area contributed by atoms with Crippen molar-refractivity contribution in [3.05, 3.63) is 0 Å². The molecule has 4 nitrogen and oxygen atoms in total. The fourth-order valence-electron chi connectivity index (χ4n) is 7.27. The number of nitrogens with zero attached hydrogens (tertiary/aromatic N) is 1. The van der Waals surface area contributed by atoms with Crippen molar-refractivity contribution >= 4 is 6.03 Å². The topological polar surface area (TPSA) is 52.6 Å². The first kappa shape index (κ1) is 19.5. The Kier molecular flexibility index (Phi) is 4.81. The maximum atomic E-state index is 12.9. The zero-order valence-corrected chi connectivity index (χ0v) is 17.9. The Morgan fingerprint density at radius 3 is 2.37 bits per heavy atom. The predicted octanol–water partition coefficient (Wildman–Crippen LogP) is 4.71. The van der Waals surface area contributed by atoms with Crippen LogP contribution in [0.4, 0.5) is 4.79 Å². The summed E-state index contributed by atoms with van der Waals surface area (Å²) in [5, 5.41) is 13.8. The summed E-state index contributed by atoms with van der Waals surface area (Å²) in [7, 11) is 0. The lowest BCUT2D eigenvalue weighted by Gasteiger charge is -2.57. The van der Waals surface area contributed by atoms with Gasteiger partial charge in [0.1, 0.15) is 0 Å². The lowest BCUT2D eigenvalue weighted by atomic mass is 9.51. The number of carbonyl (C=O) groups excluding carboxylic acids is 1. The molecule has 0 radical (unpaired) electrons. The Labute approximate surface area is 165 Å². The third kappa shape index (κ3) is 3.52. The van der Waals surface area contributed by atoms with Crippen molar-refractivity contribution in [3.8, 4) is 0 Å². The molecule has 4 rings (SSSR count). The lowest BCUT2D eigenvalue weighted by molar-refractivity contribution is -0.0429. The molecule has 3 saturated carbocycles. The van der Waals surface area contributed by atoms with Crippen LogP contribution in [0.5, 0.6) is 0 Å². The van der Waals surface area contributed by atoms with E-state index < -0.39 is 5.60 Å². The minimum Gasteiger partial charge on any atom is -0.390 e. The first-order chi connectivity index (χ1) is 12.6. The molecule has 1 saturated heterocycles. The molecule has 1 spiro atoms. The molecule has 0 aromatic heterocycles. The highest BCUT2D eigenvalue weighted by atomic mass is 16.3. The first-order valence-electron chi connectivity index (χ1n) is 11.4. The van der Waals surface area contributed by atoms with Crippen LogP contribution in [-0.4, -0.2) is 39.8 Å². The van der Waals surface area contributed by atoms with Gasteiger partial charge in [-0.1, -0.05) is 33.1 Å². The second-order valence-electron chi connectivity index (χ2n) is 11.4. The Morgan fingerprint density at radius 1 is 1.11 bits per heavy atom. The number of hydrogen-bond acceptors (Lipinski definition) is 2. The molecule has 154 valence electrons. The SMILES string of the molecule is CC1CC(C(C)(C)O)CCC1N1CC2(CC(C)(C3CCCCC3)C2)NC1=O. The van der Waals surface area contributed by atoms with Crippen LogP contribution in [0, 0.1) is 23.2 Å². The Bertz CT molecular complexity index is 569. The molecule has 0 aromatic carbocycles. The molecule has 4 heteroatoms. The molecule has 1 aliphatic heterocycles. The average Bonchev–Trinajstić information content (AvgIpc) is 2.91. The van der Waals surface area contributed by atoms with E-state index in [9.17, 15) is 9.90 Å². The van der Waals surface area contributed by atoms with Crippen LogP contribution in [0.15, 0.2) is 0 Å². The highest BCUT2D eigenvalue weighted by Crippen LogP contribution is 2.58. The summed E-state index contributed by atoms with van der Waals surface area (Å²) in [4.78, 5) is 15.0. The van der Waals surface area contributed by atoms with Crippen molar-refractivity contribution in [1.82, 2.24) is 10.2 Å². The molecule has 0 aromatic rings. The maximum absolute atomic E-state index is 12.9. The fraction of sp³-hybridized carbons (Fsp3) is 0.957. The predicted molar refractivity (Wildman–Crippen MR) is 108 cm³/mol. The van der Waals surface area contributed by atoms with E-state index in [4.69, 9.17) is 0 Å². The van der Waals surface area contributed by atoms with Gasteiger partial charge in [-0.3, -0.25) is 0 Å². The zero-order valence-electron chi connectivity index (χ0n) is 17.9. The van der Waals surface area contributed by atoms with Crippen molar-refractivity contribution in [3.63, 3.8) is 0 Å². The van der Waals surface area contributed by atoms with Gasteiger partial charge >= 0.3 is 6.03 Å². The van der Waals surface area contributed by atoms with Gasteiger partial charge in [-0.25, -0.2) is 4.79 Å². The van der Waals surface area contributed by atoms with Gasteiger partial charge < -0.3 is 15.3 Å². The Morgan fingerprint density at radius 2 is 1.78 bits per heavy atom. The van der Waals surface area contributed by atoms with E-state index in [0.29, 0.717) is 23.3 Å². The van der Waals surface area contributed by atoms with Crippen molar-refractivity contribution in [2.75, 3.05) is 6.54 Å². The summed E-state index contributed by atoms with van der Waals surface area (Å²) < 4.78 is 0. The molecule has 27 heavy (non-hydrogen) atoms. The van der Waals surface area contributed by atoms with E-state index in [2.05, 4.69) is 24.1 Å². The summed E-state index contributed by atoms with van der Waals surface area (Å²) in [5.74, 6) is 1.67. The van der Waals surface area contributed by atoms with Crippen LogP contribution in [0.2, 0.25) is 0 Å². The quantitative estimate of drug-likeness (QED) is 0.750. The van der Waals surface area contributed by atoms with Gasteiger partial charge in [-0.05, 0) is 82.0 Å². The van der Waals surface area contributed by atoms with Gasteiger partial charge in [0.25, 0.3) is 0 Å². The van der Waals surface area contributed by atoms with Crippen molar-refractivity contribution in [2.24, 2.45) is 23.2 Å². The second kappa shape index (κ2) is 6.64. The molecular weight excluding hydrogens is 336 g/mol. The number of carbonyl (C=O) groups is 1. The second-order valence-corrected chi connectivity index (χ2v) is 11.4. The van der Waals surface area contributed by atoms with Gasteiger partial charge in [0.15, 0.2) is 0 Å². The molecule has 3 aliphatic carbocycles. The molecule has 1 heterocycles. The minimum absolute atomic E-state index is 0.0378. The lowest BCUT2D eigenvalue weighted by Crippen LogP contribution is -2.61. The molecule has 4 fully saturated rings. The van der Waals surface area contributed by atoms with E-state index in [0.717, 1.165) is 31.7 Å². The molecule has 2 amide bonds. The highest BCUT2D eigenvalue weighted by Gasteiger charge is 2.60. The van der Waals surface area contributed by atoms with Gasteiger partial charge in [0.05, 0.1) is 11.1 Å². The summed E-state index contributed by atoms with van der Waals surface area (Å²) in [6.45, 7) is 9.51. The summed E-state index contributed by atoms with van der Waals surface area (Å²) in [6, 6.07) is 0.503. The monoisotopic (exact) mass is 376 g/mol. The van der Waals surface area contributed by atoms with Crippen molar-refractivity contribution < 1.29 is 9.90 Å². The standard InChI is InChI=1S/C23H40N2O2/c1-16-12-18(21(2,3)27)10-11-19(16)25-15-23(24-20(25)26)13-22(4,14-23)17-8-6-5-7-9-17/h16-19,27H,5-15H2,1-4H3,(H,24,26). The smallest absolute Gasteiger partial charge is 0.318 e. The molecule has 4 aliphatic rings. The zero-order chi connectivity index (χ0) is 19.4. The van der Waals surface area contributed by atoms with Gasteiger partial charge in [0, 0.05) is 12.6 Å². The summed E-state index contributed by atoms with van der Waals surface area (Å²) in [6.07, 6.45) is 12.4. The van der Waals surface area contributed by atoms with Crippen LogP contribution >= 0.6 is 0 Å². The highest BCUT2D eigenvalue weighted by molar-refractivity contribution is 5.78. The molecule has 0 bridgehead atoms. The first-order valence-corrected chi connectivity index (χ1v) is 11.4. The van der Waals surface area contributed by atoms with Crippen molar-refractivity contribution in [1.29, 1.82) is 0 Å². The number of amides is 2. The van der Waals surface area contributed by atoms with Crippen LogP contribution in [0.1, 0.15) is 91.9 Å². The Hall–Kier alpha value is -0.770. The van der Waals surface area contributed by atoms with Crippen LogP contribution in [0.25, 0.3) is 0 Å². The fourth-order valence-corrected chi connectivity index (χ4v) is 7.27. The van der Waals surface area contributed by atoms with Crippen LogP contribution in [-0.2, 0) is 0 Å². The third-order valence-corrected chi connectivity index (χ3v) is 8.70. The van der Waals surface area contributed by atoms with E-state index in [-0.39, 0.29) is 11.6 Å². The van der Waals surface area contributed by atoms with E-state index in [1.54, 1.807) is 0 Å². The number of hydrogen-bond donors (Lipinski definition) is 2. The number of urea groups is 1.